The number of nitrogens with zero attached hydrogens (tertiary/aromatic N) is 1. The molecule has 1 N–H and O–H groups in total. The average molecular weight is 446 g/mol. The Morgan fingerprint density at radius 1 is 1.26 bits per heavy atom. The second kappa shape index (κ2) is 5.59. The smallest absolute Gasteiger partial charge is 0.255 e. The highest BCUT2D eigenvalue weighted by Crippen LogP contribution is 2.47. The number of imide groups is 1. The van der Waals surface area contributed by atoms with Crippen molar-refractivity contribution in [2.75, 3.05) is 14.2 Å². The van der Waals surface area contributed by atoms with E-state index in [4.69, 9.17) is 4.74 Å². The third-order valence-corrected chi connectivity index (χ3v) is 5.75. The van der Waals surface area contributed by atoms with Crippen molar-refractivity contribution in [1.29, 1.82) is 0 Å². The summed E-state index contributed by atoms with van der Waals surface area (Å²) in [5.41, 5.74) is -0.584. The first kappa shape index (κ1) is 16.4. The number of likely N-dealkylation sites (tertiary alicyclic amines) is 1. The van der Waals surface area contributed by atoms with Crippen LogP contribution in [0.25, 0.3) is 0 Å². The van der Waals surface area contributed by atoms with Crippen LogP contribution in [0.5, 0.6) is 5.75 Å². The van der Waals surface area contributed by atoms with E-state index in [0.29, 0.717) is 22.2 Å². The number of carbonyl (C=O) groups is 3. The van der Waals surface area contributed by atoms with E-state index in [1.807, 2.05) is 0 Å². The zero-order chi connectivity index (χ0) is 16.9. The van der Waals surface area contributed by atoms with Crippen LogP contribution >= 0.6 is 31.9 Å². The molecule has 1 aromatic carbocycles. The van der Waals surface area contributed by atoms with Gasteiger partial charge < -0.3 is 10.1 Å². The van der Waals surface area contributed by atoms with Crippen LogP contribution in [0.2, 0.25) is 0 Å². The Bertz CT molecular complexity index is 736. The molecule has 2 saturated heterocycles. The number of hydrogen-bond acceptors (Lipinski definition) is 4. The molecule has 0 saturated carbocycles. The summed E-state index contributed by atoms with van der Waals surface area (Å²) in [7, 11) is 2.97. The number of benzene rings is 1. The van der Waals surface area contributed by atoms with Crippen molar-refractivity contribution in [2.24, 2.45) is 0 Å². The molecule has 8 heteroatoms. The predicted octanol–water partition coefficient (Wildman–Crippen LogP) is 1.95. The lowest BCUT2D eigenvalue weighted by atomic mass is 9.80. The predicted molar refractivity (Wildman–Crippen MR) is 89.0 cm³/mol. The molecule has 0 aliphatic carbocycles. The van der Waals surface area contributed by atoms with Crippen LogP contribution in [-0.2, 0) is 14.4 Å². The van der Waals surface area contributed by atoms with Crippen molar-refractivity contribution in [3.63, 3.8) is 0 Å². The Labute approximate surface area is 149 Å². The number of likely N-dealkylation sites (N-methyl/N-ethyl adjacent to an activating group) is 1. The van der Waals surface area contributed by atoms with E-state index in [0.717, 1.165) is 9.37 Å². The molecule has 1 spiro atoms. The zero-order valence-corrected chi connectivity index (χ0v) is 15.7. The Balaban J connectivity index is 2.19. The summed E-state index contributed by atoms with van der Waals surface area (Å²) >= 11 is 6.84. The molecular weight excluding hydrogens is 432 g/mol. The molecule has 3 rings (SSSR count). The van der Waals surface area contributed by atoms with E-state index in [9.17, 15) is 14.4 Å². The summed E-state index contributed by atoms with van der Waals surface area (Å²) in [5.74, 6) is -1.14. The number of rotatable bonds is 2. The first-order valence-corrected chi connectivity index (χ1v) is 8.56. The number of nitrogens with one attached hydrogen (secondary N) is 1. The van der Waals surface area contributed by atoms with Gasteiger partial charge in [-0.3, -0.25) is 19.3 Å². The number of methoxy groups -OCH3 is 1. The second-order valence-corrected chi connectivity index (χ2v) is 7.37. The molecule has 1 aromatic rings. The van der Waals surface area contributed by atoms with E-state index in [-0.39, 0.29) is 24.1 Å². The molecule has 0 bridgehead atoms. The zero-order valence-electron chi connectivity index (χ0n) is 12.5. The van der Waals surface area contributed by atoms with Gasteiger partial charge in [-0.25, -0.2) is 0 Å². The molecule has 3 amide bonds. The lowest BCUT2D eigenvalue weighted by molar-refractivity contribution is -0.139. The fourth-order valence-electron chi connectivity index (χ4n) is 3.31. The van der Waals surface area contributed by atoms with Gasteiger partial charge in [0.2, 0.25) is 11.8 Å². The minimum atomic E-state index is -1.20. The molecule has 2 atom stereocenters. The van der Waals surface area contributed by atoms with Crippen LogP contribution in [0, 0.1) is 0 Å². The molecule has 0 radical (unpaired) electrons. The van der Waals surface area contributed by atoms with Crippen LogP contribution in [-0.4, -0.2) is 42.3 Å². The average Bonchev–Trinajstić information content (AvgIpc) is 2.97. The minimum absolute atomic E-state index is 0.216. The maximum atomic E-state index is 12.7. The molecule has 23 heavy (non-hydrogen) atoms. The topological polar surface area (TPSA) is 75.7 Å². The Hall–Kier alpha value is -1.41. The molecule has 6 nitrogen and oxygen atoms in total. The summed E-state index contributed by atoms with van der Waals surface area (Å²) < 4.78 is 6.70. The normalized spacial score (nSPS) is 27.0. The standard InChI is InChI=1S/C15H14Br2N2O4/c1-19-13(21)12(15(14(19)22)4-3-11(20)18-15)7-5-10(23-2)9(17)6-8(7)16/h5-6,12H,3-4H2,1-2H3,(H,18,20)/t12-,15+/m0/s1. The number of ether oxygens (including phenoxy) is 1. The number of hydrogen-bond donors (Lipinski definition) is 1. The highest BCUT2D eigenvalue weighted by atomic mass is 79.9. The third kappa shape index (κ3) is 2.30. The maximum Gasteiger partial charge on any atom is 0.255 e. The molecule has 2 aliphatic rings. The molecular formula is C15H14Br2N2O4. The quantitative estimate of drug-likeness (QED) is 0.706. The Morgan fingerprint density at radius 3 is 2.52 bits per heavy atom. The fraction of sp³-hybridized carbons (Fsp3) is 0.400. The van der Waals surface area contributed by atoms with Gasteiger partial charge in [-0.2, -0.15) is 0 Å². The summed E-state index contributed by atoms with van der Waals surface area (Å²) in [6, 6.07) is 3.49. The largest absolute Gasteiger partial charge is 0.496 e. The summed E-state index contributed by atoms with van der Waals surface area (Å²) in [5, 5.41) is 2.74. The lowest BCUT2D eigenvalue weighted by Gasteiger charge is -2.27. The van der Waals surface area contributed by atoms with Gasteiger partial charge >= 0.3 is 0 Å². The van der Waals surface area contributed by atoms with Crippen molar-refractivity contribution in [3.8, 4) is 5.75 Å². The lowest BCUT2D eigenvalue weighted by Crippen LogP contribution is -2.51. The van der Waals surface area contributed by atoms with Crippen LogP contribution in [0.15, 0.2) is 21.1 Å². The van der Waals surface area contributed by atoms with Crippen molar-refractivity contribution in [2.45, 2.75) is 24.3 Å². The SMILES string of the molecule is COc1cc([C@H]2C(=O)N(C)C(=O)[C@@]23CCC(=O)N3)c(Br)cc1Br. The highest BCUT2D eigenvalue weighted by molar-refractivity contribution is 9.11. The van der Waals surface area contributed by atoms with E-state index in [1.54, 1.807) is 12.1 Å². The molecule has 0 aromatic heterocycles. The van der Waals surface area contributed by atoms with E-state index in [2.05, 4.69) is 37.2 Å². The Kier molecular flexibility index (Phi) is 4.00. The maximum absolute atomic E-state index is 12.7. The van der Waals surface area contributed by atoms with Gasteiger partial charge in [-0.15, -0.1) is 0 Å². The first-order valence-electron chi connectivity index (χ1n) is 6.97. The van der Waals surface area contributed by atoms with Crippen LogP contribution in [0.4, 0.5) is 0 Å². The fourth-order valence-corrected chi connectivity index (χ4v) is 4.69. The van der Waals surface area contributed by atoms with Gasteiger partial charge in [-0.1, -0.05) is 15.9 Å². The van der Waals surface area contributed by atoms with Crippen molar-refractivity contribution in [3.05, 3.63) is 26.6 Å². The highest BCUT2D eigenvalue weighted by Gasteiger charge is 2.62. The Morgan fingerprint density at radius 2 is 1.96 bits per heavy atom. The summed E-state index contributed by atoms with van der Waals surface area (Å²) in [6.45, 7) is 0. The molecule has 122 valence electrons. The second-order valence-electron chi connectivity index (χ2n) is 5.66. The summed E-state index contributed by atoms with van der Waals surface area (Å²) in [4.78, 5) is 38.2. The van der Waals surface area contributed by atoms with Gasteiger partial charge in [0.05, 0.1) is 17.5 Å². The van der Waals surface area contributed by atoms with Crippen LogP contribution in [0.3, 0.4) is 0 Å². The number of amides is 3. The number of halogens is 2. The third-order valence-electron chi connectivity index (χ3n) is 4.45. The van der Waals surface area contributed by atoms with Crippen molar-refractivity contribution in [1.82, 2.24) is 10.2 Å². The number of carbonyl (C=O) groups excluding carboxylic acids is 3. The van der Waals surface area contributed by atoms with Gasteiger partial charge in [0.15, 0.2) is 0 Å². The molecule has 2 aliphatic heterocycles. The monoisotopic (exact) mass is 444 g/mol. The first-order chi connectivity index (χ1) is 10.8. The molecule has 0 unspecified atom stereocenters. The van der Waals surface area contributed by atoms with Gasteiger partial charge in [0, 0.05) is 17.9 Å². The van der Waals surface area contributed by atoms with Gasteiger partial charge in [0.25, 0.3) is 5.91 Å². The van der Waals surface area contributed by atoms with E-state index >= 15 is 0 Å². The van der Waals surface area contributed by atoms with Crippen molar-refractivity contribution < 1.29 is 19.1 Å². The van der Waals surface area contributed by atoms with E-state index < -0.39 is 11.5 Å². The van der Waals surface area contributed by atoms with Crippen LogP contribution < -0.4 is 10.1 Å². The van der Waals surface area contributed by atoms with E-state index in [1.165, 1.54) is 14.2 Å². The molecule has 2 fully saturated rings. The summed E-state index contributed by atoms with van der Waals surface area (Å²) in [6.07, 6.45) is 0.533. The van der Waals surface area contributed by atoms with Crippen LogP contribution in [0.1, 0.15) is 24.3 Å². The van der Waals surface area contributed by atoms with Gasteiger partial charge in [-0.05, 0) is 40.0 Å². The molecule has 2 heterocycles. The van der Waals surface area contributed by atoms with Crippen molar-refractivity contribution >= 4 is 49.6 Å². The van der Waals surface area contributed by atoms with Gasteiger partial charge in [0.1, 0.15) is 11.3 Å². The minimum Gasteiger partial charge on any atom is -0.496 e.